The molecule has 0 radical (unpaired) electrons. The molecule has 0 aliphatic heterocycles. The number of carbonyl (C=O) groups excluding carboxylic acids is 2. The van der Waals surface area contributed by atoms with Gasteiger partial charge in [-0.15, -0.1) is 0 Å². The van der Waals surface area contributed by atoms with Crippen molar-refractivity contribution in [2.45, 2.75) is 26.2 Å². The maximum Gasteiger partial charge on any atom is 0.308 e. The first kappa shape index (κ1) is 16.3. The van der Waals surface area contributed by atoms with Gasteiger partial charge in [0.25, 0.3) is 0 Å². The molecule has 2 aromatic carbocycles. The standard InChI is InChI=1S/C19H21NO4/c1-12(21)24-17-9-14-5-6-16(23-2)11-18(14)15(10-17)7-8-20-19(22)13-3-4-13/h5-6,9-11,13H,3-4,7-8H2,1-2H3,(H,20,22). The van der Waals surface area contributed by atoms with Crippen molar-refractivity contribution in [2.75, 3.05) is 13.7 Å². The molecule has 0 unspecified atom stereocenters. The fourth-order valence-electron chi connectivity index (χ4n) is 2.75. The van der Waals surface area contributed by atoms with Crippen molar-refractivity contribution in [3.05, 3.63) is 35.9 Å². The molecule has 2 aromatic rings. The average Bonchev–Trinajstić information content (AvgIpc) is 3.38. The fourth-order valence-corrected chi connectivity index (χ4v) is 2.75. The van der Waals surface area contributed by atoms with Gasteiger partial charge in [-0.2, -0.15) is 0 Å². The minimum atomic E-state index is -0.351. The highest BCUT2D eigenvalue weighted by Crippen LogP contribution is 2.30. The number of nitrogens with one attached hydrogen (secondary N) is 1. The molecule has 1 N–H and O–H groups in total. The SMILES string of the molecule is COc1ccc2cc(OC(C)=O)cc(CCNC(=O)C3CC3)c2c1. The third kappa shape index (κ3) is 3.85. The van der Waals surface area contributed by atoms with Crippen molar-refractivity contribution in [1.82, 2.24) is 5.32 Å². The number of benzene rings is 2. The largest absolute Gasteiger partial charge is 0.497 e. The van der Waals surface area contributed by atoms with Crippen LogP contribution in [0.25, 0.3) is 10.8 Å². The van der Waals surface area contributed by atoms with Crippen LogP contribution in [0.4, 0.5) is 0 Å². The Morgan fingerprint density at radius 2 is 1.96 bits per heavy atom. The number of fused-ring (bicyclic) bond motifs is 1. The number of amides is 1. The summed E-state index contributed by atoms with van der Waals surface area (Å²) in [5, 5.41) is 4.97. The van der Waals surface area contributed by atoms with Crippen LogP contribution in [0.15, 0.2) is 30.3 Å². The molecule has 24 heavy (non-hydrogen) atoms. The van der Waals surface area contributed by atoms with Crippen molar-refractivity contribution in [3.63, 3.8) is 0 Å². The Balaban J connectivity index is 1.85. The summed E-state index contributed by atoms with van der Waals surface area (Å²) in [6, 6.07) is 9.46. The molecule has 126 valence electrons. The second kappa shape index (κ2) is 6.91. The molecular formula is C19H21NO4. The van der Waals surface area contributed by atoms with Crippen molar-refractivity contribution < 1.29 is 19.1 Å². The third-order valence-electron chi connectivity index (χ3n) is 4.12. The summed E-state index contributed by atoms with van der Waals surface area (Å²) in [7, 11) is 1.63. The predicted octanol–water partition coefficient (Wildman–Crippen LogP) is 2.84. The van der Waals surface area contributed by atoms with E-state index in [1.165, 1.54) is 6.92 Å². The van der Waals surface area contributed by atoms with Gasteiger partial charge in [-0.25, -0.2) is 0 Å². The maximum absolute atomic E-state index is 11.8. The highest BCUT2D eigenvalue weighted by atomic mass is 16.5. The number of carbonyl (C=O) groups is 2. The molecule has 3 rings (SSSR count). The predicted molar refractivity (Wildman–Crippen MR) is 91.2 cm³/mol. The van der Waals surface area contributed by atoms with E-state index in [0.29, 0.717) is 18.7 Å². The molecule has 0 heterocycles. The number of rotatable bonds is 6. The molecule has 0 atom stereocenters. The number of methoxy groups -OCH3 is 1. The summed E-state index contributed by atoms with van der Waals surface area (Å²) in [6.07, 6.45) is 2.65. The lowest BCUT2D eigenvalue weighted by atomic mass is 10.0. The van der Waals surface area contributed by atoms with E-state index in [9.17, 15) is 9.59 Å². The lowest BCUT2D eigenvalue weighted by molar-refractivity contribution is -0.131. The Hall–Kier alpha value is -2.56. The molecule has 0 bridgehead atoms. The van der Waals surface area contributed by atoms with Gasteiger partial charge in [0.2, 0.25) is 5.91 Å². The topological polar surface area (TPSA) is 64.6 Å². The summed E-state index contributed by atoms with van der Waals surface area (Å²) in [5.74, 6) is 1.27. The molecule has 1 amide bonds. The van der Waals surface area contributed by atoms with Gasteiger partial charge in [0, 0.05) is 19.4 Å². The summed E-state index contributed by atoms with van der Waals surface area (Å²) in [4.78, 5) is 23.0. The second-order valence-corrected chi connectivity index (χ2v) is 6.08. The Morgan fingerprint density at radius 3 is 2.62 bits per heavy atom. The van der Waals surface area contributed by atoms with Gasteiger partial charge in [0.15, 0.2) is 0 Å². The first-order chi connectivity index (χ1) is 11.6. The van der Waals surface area contributed by atoms with Crippen LogP contribution >= 0.6 is 0 Å². The van der Waals surface area contributed by atoms with Crippen LogP contribution in [0.2, 0.25) is 0 Å². The second-order valence-electron chi connectivity index (χ2n) is 6.08. The smallest absolute Gasteiger partial charge is 0.308 e. The van der Waals surface area contributed by atoms with Crippen LogP contribution in [0, 0.1) is 5.92 Å². The highest BCUT2D eigenvalue weighted by Gasteiger charge is 2.29. The average molecular weight is 327 g/mol. The molecule has 0 spiro atoms. The zero-order chi connectivity index (χ0) is 17.1. The quantitative estimate of drug-likeness (QED) is 0.654. The van der Waals surface area contributed by atoms with Crippen LogP contribution in [-0.2, 0) is 16.0 Å². The van der Waals surface area contributed by atoms with Crippen molar-refractivity contribution in [3.8, 4) is 11.5 Å². The molecule has 1 fully saturated rings. The lowest BCUT2D eigenvalue weighted by Gasteiger charge is -2.12. The highest BCUT2D eigenvalue weighted by molar-refractivity contribution is 5.89. The molecule has 1 aliphatic carbocycles. The van der Waals surface area contributed by atoms with Crippen LogP contribution in [0.1, 0.15) is 25.3 Å². The molecule has 0 saturated heterocycles. The Morgan fingerprint density at radius 1 is 1.17 bits per heavy atom. The zero-order valence-electron chi connectivity index (χ0n) is 13.9. The van der Waals surface area contributed by atoms with E-state index in [-0.39, 0.29) is 17.8 Å². The fraction of sp³-hybridized carbons (Fsp3) is 0.368. The molecular weight excluding hydrogens is 306 g/mol. The maximum atomic E-state index is 11.8. The molecule has 1 saturated carbocycles. The minimum Gasteiger partial charge on any atom is -0.497 e. The van der Waals surface area contributed by atoms with E-state index in [1.807, 2.05) is 30.3 Å². The van der Waals surface area contributed by atoms with Gasteiger partial charge in [0.05, 0.1) is 7.11 Å². The van der Waals surface area contributed by atoms with E-state index < -0.39 is 0 Å². The van der Waals surface area contributed by atoms with E-state index in [2.05, 4.69) is 5.32 Å². The van der Waals surface area contributed by atoms with Gasteiger partial charge in [-0.05, 0) is 59.9 Å². The molecule has 0 aromatic heterocycles. The number of esters is 1. The van der Waals surface area contributed by atoms with E-state index in [4.69, 9.17) is 9.47 Å². The van der Waals surface area contributed by atoms with Crippen molar-refractivity contribution in [2.24, 2.45) is 5.92 Å². The van der Waals surface area contributed by atoms with Crippen molar-refractivity contribution >= 4 is 22.6 Å². The minimum absolute atomic E-state index is 0.132. The Bertz CT molecular complexity index is 780. The summed E-state index contributed by atoms with van der Waals surface area (Å²) in [5.41, 5.74) is 1.01. The van der Waals surface area contributed by atoms with Gasteiger partial charge >= 0.3 is 5.97 Å². The van der Waals surface area contributed by atoms with Crippen LogP contribution in [0.5, 0.6) is 11.5 Å². The van der Waals surface area contributed by atoms with E-state index >= 15 is 0 Å². The number of hydrogen-bond acceptors (Lipinski definition) is 4. The first-order valence-electron chi connectivity index (χ1n) is 8.13. The van der Waals surface area contributed by atoms with Crippen LogP contribution in [0.3, 0.4) is 0 Å². The van der Waals surface area contributed by atoms with E-state index in [1.54, 1.807) is 7.11 Å². The zero-order valence-corrected chi connectivity index (χ0v) is 13.9. The van der Waals surface area contributed by atoms with Gasteiger partial charge in [-0.3, -0.25) is 9.59 Å². The Kier molecular flexibility index (Phi) is 4.69. The monoisotopic (exact) mass is 327 g/mol. The number of hydrogen-bond donors (Lipinski definition) is 1. The molecule has 5 heteroatoms. The molecule has 5 nitrogen and oxygen atoms in total. The van der Waals surface area contributed by atoms with Crippen LogP contribution < -0.4 is 14.8 Å². The number of ether oxygens (including phenoxy) is 2. The summed E-state index contributed by atoms with van der Waals surface area (Å²) in [6.45, 7) is 1.94. The Labute approximate surface area is 140 Å². The summed E-state index contributed by atoms with van der Waals surface area (Å²) < 4.78 is 10.5. The third-order valence-corrected chi connectivity index (χ3v) is 4.12. The molecule has 1 aliphatic rings. The van der Waals surface area contributed by atoms with E-state index in [0.717, 1.165) is 34.9 Å². The summed E-state index contributed by atoms with van der Waals surface area (Å²) >= 11 is 0. The first-order valence-corrected chi connectivity index (χ1v) is 8.13. The lowest BCUT2D eigenvalue weighted by Crippen LogP contribution is -2.27. The van der Waals surface area contributed by atoms with Gasteiger partial charge in [-0.1, -0.05) is 6.07 Å². The van der Waals surface area contributed by atoms with Crippen LogP contribution in [-0.4, -0.2) is 25.5 Å². The normalized spacial score (nSPS) is 13.6. The van der Waals surface area contributed by atoms with Crippen molar-refractivity contribution in [1.29, 1.82) is 0 Å². The van der Waals surface area contributed by atoms with Gasteiger partial charge < -0.3 is 14.8 Å². The van der Waals surface area contributed by atoms with Gasteiger partial charge in [0.1, 0.15) is 11.5 Å².